The third kappa shape index (κ3) is 2.73. The average molecular weight is 436 g/mol. The summed E-state index contributed by atoms with van der Waals surface area (Å²) in [6.45, 7) is 3.88. The summed E-state index contributed by atoms with van der Waals surface area (Å²) < 4.78 is 13.5. The number of benzene rings is 1. The molecule has 8 heteroatoms. The van der Waals surface area contributed by atoms with Crippen LogP contribution in [0.2, 0.25) is 0 Å². The van der Waals surface area contributed by atoms with Crippen molar-refractivity contribution in [3.05, 3.63) is 68.6 Å². The molecule has 4 heterocycles. The molecule has 0 radical (unpaired) electrons. The number of cyclic esters (lactones) is 1. The molecule has 0 amide bonds. The van der Waals surface area contributed by atoms with E-state index in [2.05, 4.69) is 0 Å². The van der Waals surface area contributed by atoms with Gasteiger partial charge in [-0.2, -0.15) is 4.73 Å². The second kappa shape index (κ2) is 7.43. The zero-order valence-electron chi connectivity index (χ0n) is 18.0. The van der Waals surface area contributed by atoms with E-state index in [4.69, 9.17) is 9.47 Å². The minimum atomic E-state index is -1.94. The van der Waals surface area contributed by atoms with Gasteiger partial charge in [0.25, 0.3) is 5.56 Å². The van der Waals surface area contributed by atoms with Gasteiger partial charge >= 0.3 is 5.97 Å². The van der Waals surface area contributed by atoms with Crippen LogP contribution in [-0.4, -0.2) is 22.2 Å². The van der Waals surface area contributed by atoms with Crippen LogP contribution < -0.4 is 10.3 Å². The number of para-hydroxylation sites is 1. The van der Waals surface area contributed by atoms with Crippen molar-refractivity contribution >= 4 is 16.9 Å². The highest BCUT2D eigenvalue weighted by Gasteiger charge is 2.47. The molecule has 0 fully saturated rings. The highest BCUT2D eigenvalue weighted by Crippen LogP contribution is 2.42. The quantitative estimate of drug-likeness (QED) is 0.285. The maximum absolute atomic E-state index is 13.6. The van der Waals surface area contributed by atoms with Crippen molar-refractivity contribution in [2.75, 3.05) is 6.61 Å². The zero-order chi connectivity index (χ0) is 22.6. The lowest BCUT2D eigenvalue weighted by atomic mass is 9.86. The number of pyridine rings is 2. The lowest BCUT2D eigenvalue weighted by Gasteiger charge is -2.32. The Hall–Kier alpha value is -3.23. The molecule has 0 spiro atoms. The molecule has 8 nitrogen and oxygen atoms in total. The molecule has 0 bridgehead atoms. The number of aromatic nitrogens is 2. The van der Waals surface area contributed by atoms with Gasteiger partial charge in [0.1, 0.15) is 12.3 Å². The Kier molecular flexibility index (Phi) is 4.79. The maximum atomic E-state index is 13.6. The number of aliphatic hydroxyl groups is 1. The van der Waals surface area contributed by atoms with Crippen molar-refractivity contribution in [3.63, 3.8) is 0 Å². The predicted molar refractivity (Wildman–Crippen MR) is 116 cm³/mol. The fourth-order valence-electron chi connectivity index (χ4n) is 4.64. The van der Waals surface area contributed by atoms with Crippen LogP contribution in [0, 0.1) is 5.21 Å². The largest absolute Gasteiger partial charge is 0.618 e. The number of rotatable bonds is 5. The number of hydrogen-bond acceptors (Lipinski definition) is 6. The Morgan fingerprint density at radius 1 is 1.28 bits per heavy atom. The molecular formula is C24H24N2O6. The van der Waals surface area contributed by atoms with Crippen LogP contribution in [0.25, 0.3) is 22.3 Å². The van der Waals surface area contributed by atoms with E-state index in [0.717, 1.165) is 23.0 Å². The van der Waals surface area contributed by atoms with E-state index in [0.29, 0.717) is 29.1 Å². The molecular weight excluding hydrogens is 412 g/mol. The SMILES string of the molecule is CCCCOC1c2cc3ccccc3[n+]([O-])c2-c2cc3c(c(=O)n21)COC(=O)[C@]3(O)CC. The number of esters is 1. The second-order valence-corrected chi connectivity index (χ2v) is 8.27. The second-order valence-electron chi connectivity index (χ2n) is 8.27. The Morgan fingerprint density at radius 3 is 2.81 bits per heavy atom. The first-order chi connectivity index (χ1) is 15.4. The van der Waals surface area contributed by atoms with Crippen LogP contribution in [0.3, 0.4) is 0 Å². The standard InChI is InChI=1S/C24H24N2O6/c1-3-5-10-31-22-15-11-14-8-6-7-9-18(14)26(30)20(15)19-12-17-16(21(27)25(19)22)13-32-23(28)24(17,29)4-2/h6-9,11-12,22,29H,3-5,10,13H2,1-2H3/t22?,24-/m0/s1. The van der Waals surface area contributed by atoms with Crippen LogP contribution >= 0.6 is 0 Å². The Labute approximate surface area is 184 Å². The molecule has 1 aromatic carbocycles. The van der Waals surface area contributed by atoms with Crippen LogP contribution in [-0.2, 0) is 26.5 Å². The van der Waals surface area contributed by atoms with Crippen molar-refractivity contribution < 1.29 is 24.1 Å². The summed E-state index contributed by atoms with van der Waals surface area (Å²) >= 11 is 0. The van der Waals surface area contributed by atoms with Crippen LogP contribution in [0.5, 0.6) is 0 Å². The van der Waals surface area contributed by atoms with Crippen molar-refractivity contribution in [1.29, 1.82) is 0 Å². The van der Waals surface area contributed by atoms with Gasteiger partial charge in [-0.15, -0.1) is 0 Å². The number of nitrogens with zero attached hydrogens (tertiary/aromatic N) is 2. The molecule has 0 aliphatic carbocycles. The van der Waals surface area contributed by atoms with Gasteiger partial charge < -0.3 is 19.8 Å². The van der Waals surface area contributed by atoms with Crippen LogP contribution in [0.1, 0.15) is 56.0 Å². The fraction of sp³-hybridized carbons (Fsp3) is 0.375. The number of carbonyl (C=O) groups excluding carboxylic acids is 1. The van der Waals surface area contributed by atoms with Crippen molar-refractivity contribution in [3.8, 4) is 11.4 Å². The fourth-order valence-corrected chi connectivity index (χ4v) is 4.64. The molecule has 0 saturated carbocycles. The molecule has 32 heavy (non-hydrogen) atoms. The summed E-state index contributed by atoms with van der Waals surface area (Å²) in [5, 5.41) is 25.2. The summed E-state index contributed by atoms with van der Waals surface area (Å²) in [6, 6.07) is 10.6. The normalized spacial score (nSPS) is 21.2. The molecule has 3 aromatic rings. The minimum absolute atomic E-state index is 0.0418. The molecule has 1 unspecified atom stereocenters. The first-order valence-corrected chi connectivity index (χ1v) is 10.9. The van der Waals surface area contributed by atoms with Gasteiger partial charge in [-0.25, -0.2) is 4.79 Å². The van der Waals surface area contributed by atoms with Gasteiger partial charge in [0, 0.05) is 23.6 Å². The molecule has 2 aliphatic heterocycles. The first-order valence-electron chi connectivity index (χ1n) is 10.9. The molecule has 0 saturated heterocycles. The first kappa shape index (κ1) is 20.7. The highest BCUT2D eigenvalue weighted by molar-refractivity contribution is 5.85. The van der Waals surface area contributed by atoms with Crippen LogP contribution in [0.4, 0.5) is 0 Å². The molecule has 2 atom stereocenters. The van der Waals surface area contributed by atoms with E-state index < -0.39 is 23.4 Å². The van der Waals surface area contributed by atoms with Gasteiger partial charge in [0.2, 0.25) is 11.2 Å². The molecule has 1 N–H and O–H groups in total. The number of unbranched alkanes of at least 4 members (excludes halogenated alkanes) is 1. The van der Waals surface area contributed by atoms with Crippen LogP contribution in [0.15, 0.2) is 41.2 Å². The topological polar surface area (TPSA) is 105 Å². The third-order valence-electron chi connectivity index (χ3n) is 6.45. The summed E-state index contributed by atoms with van der Waals surface area (Å²) in [4.78, 5) is 26.0. The average Bonchev–Trinajstić information content (AvgIpc) is 3.11. The van der Waals surface area contributed by atoms with Gasteiger partial charge in [-0.3, -0.25) is 9.36 Å². The maximum Gasteiger partial charge on any atom is 0.343 e. The van der Waals surface area contributed by atoms with Gasteiger partial charge in [0.15, 0.2) is 11.8 Å². The van der Waals surface area contributed by atoms with E-state index in [9.17, 15) is 19.9 Å². The van der Waals surface area contributed by atoms with Gasteiger partial charge in [-0.05, 0) is 31.0 Å². The molecule has 2 aliphatic rings. The number of hydrogen-bond donors (Lipinski definition) is 1. The van der Waals surface area contributed by atoms with E-state index >= 15 is 0 Å². The zero-order valence-corrected chi connectivity index (χ0v) is 18.0. The molecule has 5 rings (SSSR count). The molecule has 166 valence electrons. The summed E-state index contributed by atoms with van der Waals surface area (Å²) in [7, 11) is 0. The third-order valence-corrected chi connectivity index (χ3v) is 6.45. The van der Waals surface area contributed by atoms with Gasteiger partial charge in [0.05, 0.1) is 11.1 Å². The number of fused-ring (bicyclic) bond motifs is 5. The minimum Gasteiger partial charge on any atom is -0.618 e. The Bertz CT molecular complexity index is 1310. The van der Waals surface area contributed by atoms with E-state index in [1.165, 1.54) is 4.57 Å². The lowest BCUT2D eigenvalue weighted by molar-refractivity contribution is -0.565. The predicted octanol–water partition coefficient (Wildman–Crippen LogP) is 2.63. The molecule has 2 aromatic heterocycles. The van der Waals surface area contributed by atoms with E-state index in [-0.39, 0.29) is 24.2 Å². The van der Waals surface area contributed by atoms with E-state index in [1.807, 2.05) is 25.1 Å². The number of ether oxygens (including phenoxy) is 2. The number of carbonyl (C=O) groups is 1. The van der Waals surface area contributed by atoms with Crippen molar-refractivity contribution in [2.24, 2.45) is 0 Å². The van der Waals surface area contributed by atoms with Crippen molar-refractivity contribution in [2.45, 2.75) is 51.5 Å². The smallest absolute Gasteiger partial charge is 0.343 e. The summed E-state index contributed by atoms with van der Waals surface area (Å²) in [5.41, 5.74) is -0.302. The summed E-state index contributed by atoms with van der Waals surface area (Å²) in [6.07, 6.45) is 0.991. The highest BCUT2D eigenvalue weighted by atomic mass is 16.6. The van der Waals surface area contributed by atoms with Gasteiger partial charge in [-0.1, -0.05) is 32.4 Å². The Morgan fingerprint density at radius 2 is 2.06 bits per heavy atom. The van der Waals surface area contributed by atoms with E-state index in [1.54, 1.807) is 25.1 Å². The monoisotopic (exact) mass is 436 g/mol. The summed E-state index contributed by atoms with van der Waals surface area (Å²) in [5.74, 6) is -0.792. The lowest BCUT2D eigenvalue weighted by Crippen LogP contribution is -2.45. The Balaban J connectivity index is 1.82. The van der Waals surface area contributed by atoms with Crippen molar-refractivity contribution in [1.82, 2.24) is 4.57 Å².